The average molecular weight is 874 g/mol. The highest BCUT2D eigenvalue weighted by atomic mass is 16.5. The van der Waals surface area contributed by atoms with Crippen LogP contribution in [0.1, 0.15) is 238 Å². The summed E-state index contributed by atoms with van der Waals surface area (Å²) < 4.78 is 29.3. The lowest BCUT2D eigenvalue weighted by molar-refractivity contribution is -0.150. The molecule has 0 spiro atoms. The number of benzene rings is 1. The maximum Gasteiger partial charge on any atom is 0.306 e. The van der Waals surface area contributed by atoms with E-state index in [4.69, 9.17) is 23.7 Å². The van der Waals surface area contributed by atoms with Crippen LogP contribution in [0.3, 0.4) is 0 Å². The third-order valence-corrected chi connectivity index (χ3v) is 11.6. The summed E-state index contributed by atoms with van der Waals surface area (Å²) in [6.45, 7) is 9.49. The van der Waals surface area contributed by atoms with Gasteiger partial charge in [-0.2, -0.15) is 0 Å². The van der Waals surface area contributed by atoms with E-state index in [-0.39, 0.29) is 30.6 Å². The maximum atomic E-state index is 12.6. The monoisotopic (exact) mass is 874 g/mol. The van der Waals surface area contributed by atoms with E-state index < -0.39 is 0 Å². The Labute approximate surface area is 380 Å². The first-order valence-corrected chi connectivity index (χ1v) is 25.8. The number of unbranched alkanes of at least 4 members (excludes halogenated alkanes) is 22. The zero-order valence-corrected chi connectivity index (χ0v) is 40.9. The molecule has 1 aromatic carbocycles. The van der Waals surface area contributed by atoms with Crippen molar-refractivity contribution in [3.05, 3.63) is 23.8 Å². The summed E-state index contributed by atoms with van der Waals surface area (Å²) in [5.41, 5.74) is 0.831. The molecule has 0 aliphatic rings. The molecule has 0 atom stereocenters. The minimum Gasteiger partial charge on any atom is -0.494 e. The van der Waals surface area contributed by atoms with Crippen molar-refractivity contribution >= 4 is 17.9 Å². The molecular weight excluding hydrogens is 779 g/mol. The molecule has 62 heavy (non-hydrogen) atoms. The van der Waals surface area contributed by atoms with Crippen LogP contribution in [-0.4, -0.2) is 69.4 Å². The molecule has 360 valence electrons. The second kappa shape index (κ2) is 42.2. The molecule has 0 aliphatic heterocycles. The largest absolute Gasteiger partial charge is 0.494 e. The molecule has 0 amide bonds. The first kappa shape index (κ1) is 57.2. The molecule has 0 N–H and O–H groups in total. The highest BCUT2D eigenvalue weighted by Gasteiger charge is 2.15. The fourth-order valence-electron chi connectivity index (χ4n) is 7.62. The van der Waals surface area contributed by atoms with Gasteiger partial charge in [-0.1, -0.05) is 149 Å². The molecule has 0 aliphatic carbocycles. The lowest BCUT2D eigenvalue weighted by Crippen LogP contribution is -2.18. The molecule has 1 aromatic rings. The predicted molar refractivity (Wildman–Crippen MR) is 256 cm³/mol. The Kier molecular flexibility index (Phi) is 38.9. The fourth-order valence-corrected chi connectivity index (χ4v) is 7.62. The van der Waals surface area contributed by atoms with Gasteiger partial charge in [0.25, 0.3) is 0 Å². The molecule has 1 rings (SSSR count). The van der Waals surface area contributed by atoms with Gasteiger partial charge in [-0.3, -0.25) is 14.4 Å². The maximum absolute atomic E-state index is 12.6. The zero-order chi connectivity index (χ0) is 45.1. The Morgan fingerprint density at radius 3 is 1.50 bits per heavy atom. The van der Waals surface area contributed by atoms with Gasteiger partial charge in [-0.15, -0.1) is 0 Å². The van der Waals surface area contributed by atoms with Gasteiger partial charge < -0.3 is 28.6 Å². The van der Waals surface area contributed by atoms with Gasteiger partial charge in [0, 0.05) is 24.8 Å². The number of rotatable bonds is 45. The number of esters is 3. The van der Waals surface area contributed by atoms with Crippen molar-refractivity contribution in [1.82, 2.24) is 4.90 Å². The summed E-state index contributed by atoms with van der Waals surface area (Å²) in [6, 6.07) is 5.85. The van der Waals surface area contributed by atoms with Crippen LogP contribution in [0.15, 0.2) is 18.2 Å². The van der Waals surface area contributed by atoms with E-state index in [1.54, 1.807) is 0 Å². The van der Waals surface area contributed by atoms with Crippen LogP contribution in [-0.2, 0) is 35.2 Å². The predicted octanol–water partition coefficient (Wildman–Crippen LogP) is 14.4. The third kappa shape index (κ3) is 35.6. The van der Waals surface area contributed by atoms with Gasteiger partial charge in [-0.05, 0) is 103 Å². The van der Waals surface area contributed by atoms with Crippen LogP contribution in [0.2, 0.25) is 0 Å². The minimum atomic E-state index is -0.200. The normalized spacial score (nSPS) is 11.3. The average Bonchev–Trinajstić information content (AvgIpc) is 3.25. The topological polar surface area (TPSA) is 101 Å². The minimum absolute atomic E-state index is 0.00883. The molecule has 9 heteroatoms. The molecule has 0 fully saturated rings. The van der Waals surface area contributed by atoms with Gasteiger partial charge in [0.1, 0.15) is 24.2 Å². The number of carbonyl (C=O) groups excluding carboxylic acids is 3. The Balaban J connectivity index is 2.35. The van der Waals surface area contributed by atoms with Crippen molar-refractivity contribution in [2.75, 3.05) is 40.5 Å². The van der Waals surface area contributed by atoms with Crippen molar-refractivity contribution in [1.29, 1.82) is 0 Å². The van der Waals surface area contributed by atoms with E-state index in [0.29, 0.717) is 39.1 Å². The van der Waals surface area contributed by atoms with Crippen molar-refractivity contribution in [3.8, 4) is 11.5 Å². The Morgan fingerprint density at radius 2 is 0.935 bits per heavy atom. The summed E-state index contributed by atoms with van der Waals surface area (Å²) in [5.74, 6) is 1.25. The summed E-state index contributed by atoms with van der Waals surface area (Å²) in [6.07, 6.45) is 34.9. The highest BCUT2D eigenvalue weighted by Crippen LogP contribution is 2.27. The molecule has 9 nitrogen and oxygen atoms in total. The molecule has 0 bridgehead atoms. The zero-order valence-electron chi connectivity index (χ0n) is 40.9. The Morgan fingerprint density at radius 1 is 0.484 bits per heavy atom. The quantitative estimate of drug-likeness (QED) is 0.0360. The van der Waals surface area contributed by atoms with Crippen molar-refractivity contribution in [2.24, 2.45) is 0 Å². The standard InChI is InChI=1S/C53H95NO8/c1-6-9-12-23-32-44-60-51(55)36-28-21-17-15-19-24-30-42-58-49-39-40-50(47(45-49)46-61-52(56)38-33-41-54(4)5)59-43-31-25-20-16-18-22-29-37-53(57)62-48(34-26-13-10-7-2)35-27-14-11-8-3/h39-40,45,48H,6-38,41-44,46H2,1-5H3. The van der Waals surface area contributed by atoms with Crippen molar-refractivity contribution < 1.29 is 38.1 Å². The Bertz CT molecular complexity index is 1190. The van der Waals surface area contributed by atoms with Crippen LogP contribution in [0.25, 0.3) is 0 Å². The lowest BCUT2D eigenvalue weighted by atomic mass is 10.0. The van der Waals surface area contributed by atoms with Crippen LogP contribution >= 0.6 is 0 Å². The molecule has 0 saturated heterocycles. The number of ether oxygens (including phenoxy) is 5. The van der Waals surface area contributed by atoms with Gasteiger partial charge in [-0.25, -0.2) is 0 Å². The van der Waals surface area contributed by atoms with E-state index >= 15 is 0 Å². The smallest absolute Gasteiger partial charge is 0.306 e. The third-order valence-electron chi connectivity index (χ3n) is 11.6. The number of nitrogens with zero attached hydrogens (tertiary/aromatic N) is 1. The first-order valence-electron chi connectivity index (χ1n) is 25.8. The summed E-state index contributed by atoms with van der Waals surface area (Å²) in [4.78, 5) is 39.1. The highest BCUT2D eigenvalue weighted by molar-refractivity contribution is 5.70. The lowest BCUT2D eigenvalue weighted by Gasteiger charge is -2.18. The summed E-state index contributed by atoms with van der Waals surface area (Å²) >= 11 is 0. The van der Waals surface area contributed by atoms with Crippen LogP contribution in [0, 0.1) is 0 Å². The SMILES string of the molecule is CCCCCCCOC(=O)CCCCCCCCCOc1ccc(OCCCCCCCCCC(=O)OC(CCCCCC)CCCCCC)c(COC(=O)CCCN(C)C)c1. The van der Waals surface area contributed by atoms with Gasteiger partial charge in [0.15, 0.2) is 0 Å². The molecule has 0 heterocycles. The molecule has 0 saturated carbocycles. The van der Waals surface area contributed by atoms with Crippen LogP contribution in [0.4, 0.5) is 0 Å². The van der Waals surface area contributed by atoms with Gasteiger partial charge in [0.2, 0.25) is 0 Å². The molecule has 0 aromatic heterocycles. The Hall–Kier alpha value is -2.81. The fraction of sp³-hybridized carbons (Fsp3) is 0.830. The van der Waals surface area contributed by atoms with E-state index in [9.17, 15) is 14.4 Å². The number of hydrogen-bond acceptors (Lipinski definition) is 9. The van der Waals surface area contributed by atoms with Crippen LogP contribution < -0.4 is 9.47 Å². The second-order valence-electron chi connectivity index (χ2n) is 17.9. The van der Waals surface area contributed by atoms with Crippen molar-refractivity contribution in [3.63, 3.8) is 0 Å². The molecule has 0 radical (unpaired) electrons. The number of carbonyl (C=O) groups is 3. The van der Waals surface area contributed by atoms with Gasteiger partial charge >= 0.3 is 17.9 Å². The van der Waals surface area contributed by atoms with Crippen LogP contribution in [0.5, 0.6) is 11.5 Å². The summed E-state index contributed by atoms with van der Waals surface area (Å²) in [5, 5.41) is 0. The number of hydrogen-bond donors (Lipinski definition) is 0. The molecular formula is C53H95NO8. The van der Waals surface area contributed by atoms with E-state index in [1.165, 1.54) is 64.2 Å². The summed E-state index contributed by atoms with van der Waals surface area (Å²) in [7, 11) is 4.01. The van der Waals surface area contributed by atoms with Crippen molar-refractivity contribution in [2.45, 2.75) is 245 Å². The van der Waals surface area contributed by atoms with E-state index in [1.807, 2.05) is 32.3 Å². The second-order valence-corrected chi connectivity index (χ2v) is 17.9. The molecule has 0 unspecified atom stereocenters. The van der Waals surface area contributed by atoms with E-state index in [2.05, 4.69) is 25.7 Å². The van der Waals surface area contributed by atoms with E-state index in [0.717, 1.165) is 152 Å². The van der Waals surface area contributed by atoms with Gasteiger partial charge in [0.05, 0.1) is 19.8 Å². The first-order chi connectivity index (χ1) is 30.3.